The first-order valence-corrected chi connectivity index (χ1v) is 9.42. The van der Waals surface area contributed by atoms with Crippen LogP contribution in [0.4, 0.5) is 39.0 Å². The second-order valence-corrected chi connectivity index (χ2v) is 7.63. The number of carbonyl (C=O) groups is 1. The maximum absolute atomic E-state index is 13.1. The molecule has 0 aromatic heterocycles. The van der Waals surface area contributed by atoms with Gasteiger partial charge >= 0.3 is 6.18 Å². The number of alkyl halides is 5. The number of nitro benzene ring substituents is 1. The molecule has 0 spiro atoms. The monoisotopic (exact) mass is 436 g/mol. The van der Waals surface area contributed by atoms with E-state index in [1.165, 1.54) is 13.1 Å². The molecule has 12 heteroatoms. The van der Waals surface area contributed by atoms with Crippen LogP contribution in [0.5, 0.6) is 0 Å². The van der Waals surface area contributed by atoms with Crippen LogP contribution in [0.1, 0.15) is 36.0 Å². The second-order valence-electron chi connectivity index (χ2n) is 7.63. The zero-order chi connectivity index (χ0) is 22.3. The highest BCUT2D eigenvalue weighted by Crippen LogP contribution is 2.40. The minimum Gasteiger partial charge on any atom is -0.383 e. The van der Waals surface area contributed by atoms with E-state index in [1.807, 2.05) is 0 Å². The maximum atomic E-state index is 13.1. The van der Waals surface area contributed by atoms with E-state index in [0.717, 1.165) is 6.07 Å². The van der Waals surface area contributed by atoms with E-state index in [1.54, 1.807) is 4.90 Å². The van der Waals surface area contributed by atoms with Crippen molar-refractivity contribution in [2.75, 3.05) is 30.4 Å². The van der Waals surface area contributed by atoms with Crippen LogP contribution in [-0.4, -0.2) is 49.1 Å². The molecule has 1 saturated heterocycles. The van der Waals surface area contributed by atoms with Crippen LogP contribution in [-0.2, 0) is 0 Å². The normalized spacial score (nSPS) is 19.9. The average Bonchev–Trinajstić information content (AvgIpc) is 2.64. The average molecular weight is 436 g/mol. The number of hydrogen-bond acceptors (Lipinski definition) is 5. The van der Waals surface area contributed by atoms with E-state index >= 15 is 0 Å². The summed E-state index contributed by atoms with van der Waals surface area (Å²) in [5, 5.41) is 16.5. The highest BCUT2D eigenvalue weighted by molar-refractivity contribution is 6.02. The number of halogens is 5. The molecule has 0 radical (unpaired) electrons. The molecule has 2 fully saturated rings. The Morgan fingerprint density at radius 3 is 2.30 bits per heavy atom. The van der Waals surface area contributed by atoms with E-state index in [-0.39, 0.29) is 42.9 Å². The Morgan fingerprint density at radius 2 is 1.83 bits per heavy atom. The summed E-state index contributed by atoms with van der Waals surface area (Å²) in [6, 6.07) is 1.61. The molecule has 7 nitrogen and oxygen atoms in total. The summed E-state index contributed by atoms with van der Waals surface area (Å²) in [6.07, 6.45) is -5.71. The van der Waals surface area contributed by atoms with Crippen molar-refractivity contribution in [1.29, 1.82) is 0 Å². The molecule has 1 amide bonds. The van der Waals surface area contributed by atoms with Crippen molar-refractivity contribution < 1.29 is 31.7 Å². The zero-order valence-corrected chi connectivity index (χ0v) is 16.1. The van der Waals surface area contributed by atoms with E-state index in [9.17, 15) is 36.9 Å². The molecule has 1 aliphatic carbocycles. The van der Waals surface area contributed by atoms with Crippen molar-refractivity contribution in [2.24, 2.45) is 5.92 Å². The third-order valence-electron chi connectivity index (χ3n) is 5.55. The molecule has 1 aromatic rings. The Labute approximate surface area is 168 Å². The Balaban J connectivity index is 1.89. The molecule has 2 N–H and O–H groups in total. The van der Waals surface area contributed by atoms with Gasteiger partial charge in [0.1, 0.15) is 5.69 Å². The van der Waals surface area contributed by atoms with Crippen molar-refractivity contribution >= 4 is 23.0 Å². The van der Waals surface area contributed by atoms with Crippen molar-refractivity contribution in [2.45, 2.75) is 43.8 Å². The molecule has 1 heterocycles. The second kappa shape index (κ2) is 7.88. The summed E-state index contributed by atoms with van der Waals surface area (Å²) in [5.74, 6) is -5.08. The van der Waals surface area contributed by atoms with Crippen LogP contribution in [0.3, 0.4) is 0 Å². The van der Waals surface area contributed by atoms with E-state index < -0.39 is 53.4 Å². The maximum Gasteiger partial charge on any atom is 0.391 e. The highest BCUT2D eigenvalue weighted by Gasteiger charge is 2.46. The lowest BCUT2D eigenvalue weighted by Crippen LogP contribution is -2.50. The van der Waals surface area contributed by atoms with Crippen LogP contribution < -0.4 is 15.5 Å². The number of nitro groups is 1. The fraction of sp³-hybridized carbons (Fsp3) is 0.611. The Morgan fingerprint density at radius 1 is 1.23 bits per heavy atom. The Kier molecular flexibility index (Phi) is 5.79. The number of carbonyl (C=O) groups excluding carboxylic acids is 1. The van der Waals surface area contributed by atoms with Gasteiger partial charge in [-0.15, -0.1) is 0 Å². The molecule has 1 aliphatic heterocycles. The zero-order valence-electron chi connectivity index (χ0n) is 16.1. The number of amides is 1. The van der Waals surface area contributed by atoms with Gasteiger partial charge in [0.05, 0.1) is 22.1 Å². The predicted molar refractivity (Wildman–Crippen MR) is 99.1 cm³/mol. The van der Waals surface area contributed by atoms with Crippen molar-refractivity contribution in [3.05, 3.63) is 27.8 Å². The lowest BCUT2D eigenvalue weighted by atomic mass is 9.88. The first-order valence-electron chi connectivity index (χ1n) is 9.42. The number of nitrogens with one attached hydrogen (secondary N) is 2. The summed E-state index contributed by atoms with van der Waals surface area (Å²) in [5.41, 5.74) is -0.189. The van der Waals surface area contributed by atoms with Gasteiger partial charge in [-0.3, -0.25) is 14.9 Å². The first-order chi connectivity index (χ1) is 13.9. The molecule has 1 aromatic carbocycles. The van der Waals surface area contributed by atoms with Gasteiger partial charge in [-0.05, 0) is 18.9 Å². The molecule has 2 aliphatic rings. The molecule has 1 saturated carbocycles. The van der Waals surface area contributed by atoms with Gasteiger partial charge in [0.15, 0.2) is 0 Å². The minimum atomic E-state index is -4.31. The van der Waals surface area contributed by atoms with E-state index in [2.05, 4.69) is 10.6 Å². The number of benzene rings is 1. The quantitative estimate of drug-likeness (QED) is 0.415. The molecular weight excluding hydrogens is 415 g/mol. The third kappa shape index (κ3) is 4.57. The number of anilines is 2. The van der Waals surface area contributed by atoms with Gasteiger partial charge < -0.3 is 15.5 Å². The topological polar surface area (TPSA) is 87.5 Å². The summed E-state index contributed by atoms with van der Waals surface area (Å²) >= 11 is 0. The fourth-order valence-electron chi connectivity index (χ4n) is 3.85. The minimum absolute atomic E-state index is 0.00687. The van der Waals surface area contributed by atoms with Gasteiger partial charge in [-0.1, -0.05) is 0 Å². The van der Waals surface area contributed by atoms with Crippen LogP contribution >= 0.6 is 0 Å². The van der Waals surface area contributed by atoms with Gasteiger partial charge in [-0.2, -0.15) is 13.2 Å². The lowest BCUT2D eigenvalue weighted by Gasteiger charge is -2.37. The number of rotatable bonds is 5. The van der Waals surface area contributed by atoms with Crippen LogP contribution in [0, 0.1) is 16.0 Å². The smallest absolute Gasteiger partial charge is 0.383 e. The van der Waals surface area contributed by atoms with Crippen molar-refractivity contribution in [3.8, 4) is 0 Å². The van der Waals surface area contributed by atoms with Crippen molar-refractivity contribution in [1.82, 2.24) is 5.32 Å². The van der Waals surface area contributed by atoms with E-state index in [0.29, 0.717) is 0 Å². The van der Waals surface area contributed by atoms with Crippen LogP contribution in [0.25, 0.3) is 0 Å². The van der Waals surface area contributed by atoms with Crippen LogP contribution in [0.2, 0.25) is 0 Å². The van der Waals surface area contributed by atoms with Gasteiger partial charge in [0.25, 0.3) is 17.5 Å². The van der Waals surface area contributed by atoms with Gasteiger partial charge in [0.2, 0.25) is 0 Å². The molecular formula is C18H21F5N4O3. The lowest BCUT2D eigenvalue weighted by molar-refractivity contribution is -0.384. The summed E-state index contributed by atoms with van der Waals surface area (Å²) in [4.78, 5) is 25.0. The molecule has 0 unspecified atom stereocenters. The Bertz CT molecular complexity index is 830. The van der Waals surface area contributed by atoms with E-state index in [4.69, 9.17) is 0 Å². The fourth-order valence-corrected chi connectivity index (χ4v) is 3.85. The van der Waals surface area contributed by atoms with Crippen molar-refractivity contribution in [3.63, 3.8) is 0 Å². The first kappa shape index (κ1) is 22.0. The van der Waals surface area contributed by atoms with Gasteiger partial charge in [0, 0.05) is 45.1 Å². The molecule has 0 bridgehead atoms. The molecule has 3 rings (SSSR count). The highest BCUT2D eigenvalue weighted by atomic mass is 19.4. The third-order valence-corrected chi connectivity index (χ3v) is 5.55. The van der Waals surface area contributed by atoms with Gasteiger partial charge in [-0.25, -0.2) is 8.78 Å². The van der Waals surface area contributed by atoms with Crippen LogP contribution in [0.15, 0.2) is 12.1 Å². The summed E-state index contributed by atoms with van der Waals surface area (Å²) < 4.78 is 65.0. The number of piperidine rings is 1. The Hall–Kier alpha value is -2.66. The number of nitrogens with zero attached hydrogens (tertiary/aromatic N) is 2. The number of hydrogen-bond donors (Lipinski definition) is 2. The molecule has 0 atom stereocenters. The molecule has 166 valence electrons. The largest absolute Gasteiger partial charge is 0.391 e. The predicted octanol–water partition coefficient (Wildman–Crippen LogP) is 3.94. The SMILES string of the molecule is CNc1cc(N2CCC(C(F)(F)F)CC2)c(C(=O)NC2CC(F)(F)C2)cc1[N+](=O)[O-]. The summed E-state index contributed by atoms with van der Waals surface area (Å²) in [7, 11) is 1.44. The standard InChI is InChI=1S/C18H21F5N4O3/c1-24-13-7-14(26-4-2-10(3-5-26)18(21,22)23)12(6-15(13)27(29)30)16(28)25-11-8-17(19,20)9-11/h6-7,10-11,24H,2-5,8-9H2,1H3,(H,25,28). The molecule has 30 heavy (non-hydrogen) atoms. The summed E-state index contributed by atoms with van der Waals surface area (Å²) in [6.45, 7) is 0.0137.